The van der Waals surface area contributed by atoms with Crippen LogP contribution in [0.4, 0.5) is 0 Å². The minimum absolute atomic E-state index is 0.416. The highest BCUT2D eigenvalue weighted by Crippen LogP contribution is 2.38. The first-order valence-corrected chi connectivity index (χ1v) is 7.98. The Hall–Kier alpha value is -0.820. The third-order valence-electron chi connectivity index (χ3n) is 4.87. The normalized spacial score (nSPS) is 18.9. The Morgan fingerprint density at radius 2 is 1.95 bits per heavy atom. The van der Waals surface area contributed by atoms with E-state index < -0.39 is 0 Å². The summed E-state index contributed by atoms with van der Waals surface area (Å²) < 4.78 is 0. The van der Waals surface area contributed by atoms with Gasteiger partial charge in [0.1, 0.15) is 0 Å². The van der Waals surface area contributed by atoms with E-state index in [9.17, 15) is 0 Å². The highest BCUT2D eigenvalue weighted by molar-refractivity contribution is 5.36. The van der Waals surface area contributed by atoms with Gasteiger partial charge in [-0.2, -0.15) is 0 Å². The van der Waals surface area contributed by atoms with E-state index in [2.05, 4.69) is 50.4 Å². The van der Waals surface area contributed by atoms with Gasteiger partial charge in [0.05, 0.1) is 0 Å². The molecule has 1 nitrogen and oxygen atoms in total. The van der Waals surface area contributed by atoms with E-state index in [0.717, 1.165) is 5.92 Å². The van der Waals surface area contributed by atoms with E-state index in [-0.39, 0.29) is 0 Å². The van der Waals surface area contributed by atoms with Crippen molar-refractivity contribution in [2.45, 2.75) is 58.3 Å². The molecule has 0 saturated carbocycles. The minimum atomic E-state index is 0.416. The number of hydrogen-bond donors (Lipinski definition) is 1. The van der Waals surface area contributed by atoms with Gasteiger partial charge in [-0.1, -0.05) is 63.8 Å². The molecule has 1 unspecified atom stereocenters. The van der Waals surface area contributed by atoms with Crippen molar-refractivity contribution in [1.29, 1.82) is 0 Å². The van der Waals surface area contributed by atoms with Crippen molar-refractivity contribution in [3.8, 4) is 0 Å². The van der Waals surface area contributed by atoms with Gasteiger partial charge in [0, 0.05) is 18.5 Å². The Morgan fingerprint density at radius 1 is 1.21 bits per heavy atom. The molecular weight excluding hydrogens is 230 g/mol. The van der Waals surface area contributed by atoms with Crippen LogP contribution in [-0.4, -0.2) is 13.1 Å². The molecule has 2 rings (SSSR count). The molecular formula is C18H29N. The Kier molecular flexibility index (Phi) is 5.04. The lowest BCUT2D eigenvalue weighted by Gasteiger charge is -2.46. The van der Waals surface area contributed by atoms with Crippen molar-refractivity contribution >= 4 is 0 Å². The van der Waals surface area contributed by atoms with Crippen LogP contribution in [-0.2, 0) is 5.41 Å². The third kappa shape index (κ3) is 3.20. The molecule has 0 amide bonds. The predicted molar refractivity (Wildman–Crippen MR) is 83.6 cm³/mol. The second kappa shape index (κ2) is 6.56. The summed E-state index contributed by atoms with van der Waals surface area (Å²) >= 11 is 0. The SMILES string of the molecule is CCCCC(CC)CC1(c2ccccc2C)CNC1. The second-order valence-corrected chi connectivity index (χ2v) is 6.32. The Bertz CT molecular complexity index is 392. The van der Waals surface area contributed by atoms with Crippen molar-refractivity contribution < 1.29 is 0 Å². The number of benzene rings is 1. The molecule has 106 valence electrons. The van der Waals surface area contributed by atoms with E-state index in [1.807, 2.05) is 0 Å². The van der Waals surface area contributed by atoms with Gasteiger partial charge in [-0.15, -0.1) is 0 Å². The molecule has 1 heterocycles. The van der Waals surface area contributed by atoms with Gasteiger partial charge in [0.25, 0.3) is 0 Å². The Morgan fingerprint density at radius 3 is 2.47 bits per heavy atom. The van der Waals surface area contributed by atoms with Gasteiger partial charge < -0.3 is 5.32 Å². The quantitative estimate of drug-likeness (QED) is 0.763. The number of rotatable bonds is 7. The molecule has 0 aromatic heterocycles. The first-order chi connectivity index (χ1) is 9.22. The van der Waals surface area contributed by atoms with Crippen molar-refractivity contribution in [3.63, 3.8) is 0 Å². The molecule has 0 spiro atoms. The summed E-state index contributed by atoms with van der Waals surface area (Å²) in [7, 11) is 0. The van der Waals surface area contributed by atoms with Crippen LogP contribution in [0.2, 0.25) is 0 Å². The monoisotopic (exact) mass is 259 g/mol. The maximum absolute atomic E-state index is 3.51. The zero-order valence-electron chi connectivity index (χ0n) is 12.8. The van der Waals surface area contributed by atoms with Gasteiger partial charge in [0.15, 0.2) is 0 Å². The number of nitrogens with one attached hydrogen (secondary N) is 1. The van der Waals surface area contributed by atoms with Crippen LogP contribution < -0.4 is 5.32 Å². The van der Waals surface area contributed by atoms with Gasteiger partial charge in [0.2, 0.25) is 0 Å². The molecule has 19 heavy (non-hydrogen) atoms. The Labute approximate surface area is 118 Å². The summed E-state index contributed by atoms with van der Waals surface area (Å²) in [6.07, 6.45) is 6.80. The number of hydrogen-bond acceptors (Lipinski definition) is 1. The standard InChI is InChI=1S/C18H29N/c1-4-6-10-16(5-2)12-18(13-19-14-18)17-11-8-7-9-15(17)3/h7-9,11,16,19H,4-6,10,12-14H2,1-3H3. The molecule has 1 atom stereocenters. The average Bonchev–Trinajstić information content (AvgIpc) is 2.39. The van der Waals surface area contributed by atoms with Crippen molar-refractivity contribution in [1.82, 2.24) is 5.32 Å². The Balaban J connectivity index is 2.12. The van der Waals surface area contributed by atoms with E-state index >= 15 is 0 Å². The van der Waals surface area contributed by atoms with E-state index in [0.29, 0.717) is 5.41 Å². The maximum atomic E-state index is 3.51. The first-order valence-electron chi connectivity index (χ1n) is 7.98. The van der Waals surface area contributed by atoms with Crippen molar-refractivity contribution in [2.24, 2.45) is 5.92 Å². The first kappa shape index (κ1) is 14.6. The lowest BCUT2D eigenvalue weighted by molar-refractivity contribution is 0.205. The molecule has 1 fully saturated rings. The van der Waals surface area contributed by atoms with Crippen LogP contribution in [0, 0.1) is 12.8 Å². The largest absolute Gasteiger partial charge is 0.315 e. The third-order valence-corrected chi connectivity index (χ3v) is 4.87. The van der Waals surface area contributed by atoms with E-state index in [1.54, 1.807) is 5.56 Å². The van der Waals surface area contributed by atoms with Crippen LogP contribution in [0.15, 0.2) is 24.3 Å². The molecule has 0 bridgehead atoms. The van der Waals surface area contributed by atoms with Crippen LogP contribution in [0.1, 0.15) is 57.1 Å². The summed E-state index contributed by atoms with van der Waals surface area (Å²) in [5.41, 5.74) is 3.47. The average molecular weight is 259 g/mol. The summed E-state index contributed by atoms with van der Waals surface area (Å²) in [4.78, 5) is 0. The summed E-state index contributed by atoms with van der Waals surface area (Å²) in [6, 6.07) is 8.98. The fourth-order valence-corrected chi connectivity index (χ4v) is 3.54. The number of aryl methyl sites for hydroxylation is 1. The van der Waals surface area contributed by atoms with E-state index in [1.165, 1.54) is 50.8 Å². The smallest absolute Gasteiger partial charge is 0.0207 e. The van der Waals surface area contributed by atoms with Crippen molar-refractivity contribution in [3.05, 3.63) is 35.4 Å². The topological polar surface area (TPSA) is 12.0 Å². The van der Waals surface area contributed by atoms with Crippen LogP contribution in [0.5, 0.6) is 0 Å². The maximum Gasteiger partial charge on any atom is 0.0207 e. The lowest BCUT2D eigenvalue weighted by Crippen LogP contribution is -2.57. The van der Waals surface area contributed by atoms with Gasteiger partial charge in [-0.25, -0.2) is 0 Å². The van der Waals surface area contributed by atoms with Crippen LogP contribution in [0.3, 0.4) is 0 Å². The van der Waals surface area contributed by atoms with Crippen LogP contribution in [0.25, 0.3) is 0 Å². The molecule has 0 radical (unpaired) electrons. The lowest BCUT2D eigenvalue weighted by atomic mass is 9.67. The minimum Gasteiger partial charge on any atom is -0.315 e. The van der Waals surface area contributed by atoms with Gasteiger partial charge >= 0.3 is 0 Å². The van der Waals surface area contributed by atoms with Gasteiger partial charge in [-0.05, 0) is 30.4 Å². The van der Waals surface area contributed by atoms with Crippen molar-refractivity contribution in [2.75, 3.05) is 13.1 Å². The molecule has 0 aliphatic carbocycles. The zero-order chi connectivity index (χ0) is 13.7. The molecule has 1 N–H and O–H groups in total. The number of unbranched alkanes of at least 4 members (excludes halogenated alkanes) is 1. The molecule has 1 aliphatic rings. The van der Waals surface area contributed by atoms with Gasteiger partial charge in [-0.3, -0.25) is 0 Å². The fourth-order valence-electron chi connectivity index (χ4n) is 3.54. The molecule has 1 heteroatoms. The highest BCUT2D eigenvalue weighted by Gasteiger charge is 2.40. The molecule has 1 aromatic carbocycles. The molecule has 1 saturated heterocycles. The summed E-state index contributed by atoms with van der Waals surface area (Å²) in [6.45, 7) is 9.26. The molecule has 1 aromatic rings. The fraction of sp³-hybridized carbons (Fsp3) is 0.667. The molecule has 1 aliphatic heterocycles. The summed E-state index contributed by atoms with van der Waals surface area (Å²) in [5.74, 6) is 0.890. The highest BCUT2D eigenvalue weighted by atomic mass is 15.0. The van der Waals surface area contributed by atoms with E-state index in [4.69, 9.17) is 0 Å². The predicted octanol–water partition coefficient (Wildman–Crippen LogP) is 4.44. The van der Waals surface area contributed by atoms with Crippen LogP contribution >= 0.6 is 0 Å². The second-order valence-electron chi connectivity index (χ2n) is 6.32. The zero-order valence-corrected chi connectivity index (χ0v) is 12.8. The summed E-state index contributed by atoms with van der Waals surface area (Å²) in [5, 5.41) is 3.51.